The van der Waals surface area contributed by atoms with E-state index in [0.717, 1.165) is 30.5 Å². The minimum atomic E-state index is -3.26. The van der Waals surface area contributed by atoms with Gasteiger partial charge in [0.15, 0.2) is 0 Å². The first kappa shape index (κ1) is 20.1. The first-order valence-electron chi connectivity index (χ1n) is 9.44. The van der Waals surface area contributed by atoms with E-state index in [0.29, 0.717) is 5.69 Å². The Bertz CT molecular complexity index is 1030. The van der Waals surface area contributed by atoms with Crippen LogP contribution in [0.1, 0.15) is 46.7 Å². The molecule has 0 saturated heterocycles. The Kier molecular flexibility index (Phi) is 6.19. The maximum Gasteiger partial charge on any atom is 0.229 e. The number of imidazole rings is 1. The Labute approximate surface area is 167 Å². The molecule has 0 bridgehead atoms. The number of nitrogens with one attached hydrogen (secondary N) is 2. The molecule has 0 spiro atoms. The van der Waals surface area contributed by atoms with Gasteiger partial charge in [0.1, 0.15) is 0 Å². The van der Waals surface area contributed by atoms with Gasteiger partial charge in [-0.05, 0) is 67.5 Å². The van der Waals surface area contributed by atoms with Crippen LogP contribution < -0.4 is 4.72 Å². The normalized spacial score (nSPS) is 12.7. The lowest BCUT2D eigenvalue weighted by Crippen LogP contribution is -2.09. The van der Waals surface area contributed by atoms with Gasteiger partial charge in [-0.2, -0.15) is 0 Å². The Morgan fingerprint density at radius 1 is 1.14 bits per heavy atom. The van der Waals surface area contributed by atoms with Crippen molar-refractivity contribution in [3.63, 3.8) is 0 Å². The average Bonchev–Trinajstić information content (AvgIpc) is 3.15. The Morgan fingerprint density at radius 2 is 1.93 bits per heavy atom. The third kappa shape index (κ3) is 5.23. The number of benzene rings is 2. The zero-order chi connectivity index (χ0) is 20.1. The molecule has 3 rings (SSSR count). The van der Waals surface area contributed by atoms with E-state index in [9.17, 15) is 8.42 Å². The highest BCUT2D eigenvalue weighted by molar-refractivity contribution is 7.92. The lowest BCUT2D eigenvalue weighted by molar-refractivity contribution is 0.607. The molecule has 0 amide bonds. The molecule has 0 fully saturated rings. The van der Waals surface area contributed by atoms with E-state index in [1.807, 2.05) is 24.4 Å². The fraction of sp³-hybridized carbons (Fsp3) is 0.318. The van der Waals surface area contributed by atoms with E-state index in [-0.39, 0.29) is 5.92 Å². The second-order valence-corrected chi connectivity index (χ2v) is 9.06. The minimum Gasteiger partial charge on any atom is -0.348 e. The second kappa shape index (κ2) is 8.61. The molecule has 3 aromatic rings. The van der Waals surface area contributed by atoms with Gasteiger partial charge in [-0.1, -0.05) is 30.3 Å². The fourth-order valence-corrected chi connectivity index (χ4v) is 4.16. The summed E-state index contributed by atoms with van der Waals surface area (Å²) in [5.74, 6) is 0.264. The molecule has 1 aromatic heterocycles. The average molecular weight is 398 g/mol. The van der Waals surface area contributed by atoms with Crippen LogP contribution in [0.5, 0.6) is 0 Å². The monoisotopic (exact) mass is 397 g/mol. The van der Waals surface area contributed by atoms with Crippen LogP contribution in [0.15, 0.2) is 55.0 Å². The first-order valence-corrected chi connectivity index (χ1v) is 11.3. The van der Waals surface area contributed by atoms with E-state index in [1.54, 1.807) is 12.4 Å². The van der Waals surface area contributed by atoms with Crippen molar-refractivity contribution in [3.8, 4) is 0 Å². The van der Waals surface area contributed by atoms with Crippen molar-refractivity contribution in [2.75, 3.05) is 11.0 Å². The lowest BCUT2D eigenvalue weighted by Gasteiger charge is -2.19. The number of nitrogens with zero attached hydrogens (tertiary/aromatic N) is 1. The summed E-state index contributed by atoms with van der Waals surface area (Å²) in [7, 11) is -3.26. The molecule has 0 saturated carbocycles. The number of sulfonamides is 1. The summed E-state index contributed by atoms with van der Waals surface area (Å²) in [6.45, 7) is 4.32. The SMILES string of the molecule is Cc1cccc(C(CCCc2cccc(NS(C)(=O)=O)c2)c2cnc[nH]2)c1C. The zero-order valence-corrected chi connectivity index (χ0v) is 17.4. The number of anilines is 1. The van der Waals surface area contributed by atoms with Crippen LogP contribution in [0, 0.1) is 13.8 Å². The smallest absolute Gasteiger partial charge is 0.229 e. The van der Waals surface area contributed by atoms with Gasteiger partial charge in [-0.15, -0.1) is 0 Å². The van der Waals surface area contributed by atoms with Gasteiger partial charge in [-0.25, -0.2) is 13.4 Å². The highest BCUT2D eigenvalue weighted by Gasteiger charge is 2.18. The van der Waals surface area contributed by atoms with Crippen LogP contribution in [0.25, 0.3) is 0 Å². The standard InChI is InChI=1S/C22H27N3O2S/c1-16-7-4-11-20(17(16)2)21(22-14-23-15-24-22)12-6-9-18-8-5-10-19(13-18)25-28(3,26)27/h4-5,7-8,10-11,13-15,21,25H,6,9,12H2,1-3H3,(H,23,24). The van der Waals surface area contributed by atoms with Crippen molar-refractivity contribution in [1.29, 1.82) is 0 Å². The molecule has 0 aliphatic carbocycles. The van der Waals surface area contributed by atoms with Crippen LogP contribution in [0.2, 0.25) is 0 Å². The number of aryl methyl sites for hydroxylation is 2. The maximum absolute atomic E-state index is 11.4. The van der Waals surface area contributed by atoms with E-state index >= 15 is 0 Å². The Morgan fingerprint density at radius 3 is 2.64 bits per heavy atom. The fourth-order valence-electron chi connectivity index (χ4n) is 3.60. The predicted molar refractivity (Wildman–Crippen MR) is 114 cm³/mol. The summed E-state index contributed by atoms with van der Waals surface area (Å²) in [6.07, 6.45) is 7.65. The van der Waals surface area contributed by atoms with Gasteiger partial charge >= 0.3 is 0 Å². The zero-order valence-electron chi connectivity index (χ0n) is 16.6. The molecule has 0 aliphatic rings. The lowest BCUT2D eigenvalue weighted by atomic mass is 9.86. The second-order valence-electron chi connectivity index (χ2n) is 7.32. The summed E-state index contributed by atoms with van der Waals surface area (Å²) < 4.78 is 25.4. The topological polar surface area (TPSA) is 74.8 Å². The molecular weight excluding hydrogens is 370 g/mol. The molecule has 0 aliphatic heterocycles. The highest BCUT2D eigenvalue weighted by atomic mass is 32.2. The van der Waals surface area contributed by atoms with Crippen molar-refractivity contribution in [2.24, 2.45) is 0 Å². The number of aromatic nitrogens is 2. The van der Waals surface area contributed by atoms with E-state index < -0.39 is 10.0 Å². The summed E-state index contributed by atoms with van der Waals surface area (Å²) in [6, 6.07) is 14.1. The predicted octanol–water partition coefficient (Wildman–Crippen LogP) is 4.55. The number of aromatic amines is 1. The van der Waals surface area contributed by atoms with Gasteiger partial charge in [0.2, 0.25) is 10.0 Å². The number of hydrogen-bond donors (Lipinski definition) is 2. The van der Waals surface area contributed by atoms with Crippen molar-refractivity contribution in [1.82, 2.24) is 9.97 Å². The van der Waals surface area contributed by atoms with Crippen molar-refractivity contribution < 1.29 is 8.42 Å². The van der Waals surface area contributed by atoms with Gasteiger partial charge in [0.05, 0.1) is 12.6 Å². The molecule has 1 atom stereocenters. The van der Waals surface area contributed by atoms with Crippen molar-refractivity contribution in [3.05, 3.63) is 82.9 Å². The number of hydrogen-bond acceptors (Lipinski definition) is 3. The van der Waals surface area contributed by atoms with Crippen LogP contribution in [-0.4, -0.2) is 24.6 Å². The molecule has 148 valence electrons. The summed E-state index contributed by atoms with van der Waals surface area (Å²) >= 11 is 0. The molecule has 5 nitrogen and oxygen atoms in total. The molecule has 6 heteroatoms. The third-order valence-corrected chi connectivity index (χ3v) is 5.71. The molecule has 28 heavy (non-hydrogen) atoms. The van der Waals surface area contributed by atoms with E-state index in [2.05, 4.69) is 46.7 Å². The molecule has 1 heterocycles. The summed E-state index contributed by atoms with van der Waals surface area (Å²) in [5, 5.41) is 0. The van der Waals surface area contributed by atoms with Gasteiger partial charge in [0.25, 0.3) is 0 Å². The highest BCUT2D eigenvalue weighted by Crippen LogP contribution is 2.32. The Balaban J connectivity index is 1.73. The van der Waals surface area contributed by atoms with E-state index in [1.165, 1.54) is 22.9 Å². The van der Waals surface area contributed by atoms with Gasteiger partial charge < -0.3 is 4.98 Å². The van der Waals surface area contributed by atoms with Crippen LogP contribution >= 0.6 is 0 Å². The largest absolute Gasteiger partial charge is 0.348 e. The molecule has 2 aromatic carbocycles. The number of H-pyrrole nitrogens is 1. The molecular formula is C22H27N3O2S. The quantitative estimate of drug-likeness (QED) is 0.585. The third-order valence-electron chi connectivity index (χ3n) is 5.11. The Hall–Kier alpha value is -2.60. The van der Waals surface area contributed by atoms with Crippen molar-refractivity contribution in [2.45, 2.75) is 39.0 Å². The first-order chi connectivity index (χ1) is 13.3. The van der Waals surface area contributed by atoms with Crippen LogP contribution in [-0.2, 0) is 16.4 Å². The summed E-state index contributed by atoms with van der Waals surface area (Å²) in [5.41, 5.74) is 6.80. The van der Waals surface area contributed by atoms with Gasteiger partial charge in [0, 0.05) is 23.5 Å². The minimum absolute atomic E-state index is 0.264. The summed E-state index contributed by atoms with van der Waals surface area (Å²) in [4.78, 5) is 7.49. The molecule has 1 unspecified atom stereocenters. The maximum atomic E-state index is 11.4. The van der Waals surface area contributed by atoms with Crippen LogP contribution in [0.3, 0.4) is 0 Å². The van der Waals surface area contributed by atoms with Gasteiger partial charge in [-0.3, -0.25) is 4.72 Å². The molecule has 0 radical (unpaired) electrons. The van der Waals surface area contributed by atoms with E-state index in [4.69, 9.17) is 0 Å². The van der Waals surface area contributed by atoms with Crippen molar-refractivity contribution >= 4 is 15.7 Å². The number of rotatable bonds is 8. The van der Waals surface area contributed by atoms with Crippen LogP contribution in [0.4, 0.5) is 5.69 Å². The molecule has 2 N–H and O–H groups in total.